The molecule has 0 spiro atoms. The van der Waals surface area contributed by atoms with Crippen molar-refractivity contribution in [3.05, 3.63) is 11.6 Å². The molecule has 4 nitrogen and oxygen atoms in total. The van der Waals surface area contributed by atoms with Crippen LogP contribution in [0.15, 0.2) is 11.6 Å². The molecule has 1 saturated carbocycles. The Bertz CT molecular complexity index is 319. The van der Waals surface area contributed by atoms with Gasteiger partial charge >= 0.3 is 0 Å². The monoisotopic (exact) mass is 212 g/mol. The molecule has 84 valence electrons. The van der Waals surface area contributed by atoms with E-state index in [-0.39, 0.29) is 5.78 Å². The second-order valence-corrected chi connectivity index (χ2v) is 4.74. The van der Waals surface area contributed by atoms with Gasteiger partial charge in [0.05, 0.1) is 5.57 Å². The summed E-state index contributed by atoms with van der Waals surface area (Å²) in [7, 11) is 0. The first-order chi connectivity index (χ1) is 6.93. The van der Waals surface area contributed by atoms with E-state index < -0.39 is 11.4 Å². The number of hydrogen-bond donors (Lipinski definition) is 1. The Balaban J connectivity index is 2.41. The standard InChI is InChI=1S/C11H16O4/c1-10(2)7-8-9(12)5-3-4-6-11(8,13)15-14-10/h7,13H,3-6H2,1-2H3. The second-order valence-electron chi connectivity index (χ2n) is 4.74. The van der Waals surface area contributed by atoms with Crippen LogP contribution in [0.2, 0.25) is 0 Å². The average Bonchev–Trinajstić information content (AvgIpc) is 2.29. The van der Waals surface area contributed by atoms with E-state index in [1.807, 2.05) is 0 Å². The van der Waals surface area contributed by atoms with Crippen molar-refractivity contribution in [1.82, 2.24) is 0 Å². The number of carbonyl (C=O) groups is 1. The first-order valence-electron chi connectivity index (χ1n) is 5.29. The summed E-state index contributed by atoms with van der Waals surface area (Å²) < 4.78 is 0. The Morgan fingerprint density at radius 1 is 1.33 bits per heavy atom. The molecule has 0 radical (unpaired) electrons. The summed E-state index contributed by atoms with van der Waals surface area (Å²) in [5, 5.41) is 10.1. The number of fused-ring (bicyclic) bond motifs is 1. The molecule has 0 amide bonds. The number of carbonyl (C=O) groups excluding carboxylic acids is 1. The molecule has 1 aliphatic heterocycles. The van der Waals surface area contributed by atoms with Gasteiger partial charge in [0.1, 0.15) is 5.60 Å². The molecule has 1 unspecified atom stereocenters. The van der Waals surface area contributed by atoms with Crippen molar-refractivity contribution < 1.29 is 19.7 Å². The Morgan fingerprint density at radius 3 is 2.80 bits per heavy atom. The van der Waals surface area contributed by atoms with Crippen LogP contribution >= 0.6 is 0 Å². The summed E-state index contributed by atoms with van der Waals surface area (Å²) in [6.45, 7) is 3.58. The molecule has 0 aromatic carbocycles. The minimum absolute atomic E-state index is 0.0358. The van der Waals surface area contributed by atoms with Gasteiger partial charge in [-0.25, -0.2) is 4.89 Å². The van der Waals surface area contributed by atoms with Crippen molar-refractivity contribution in [2.24, 2.45) is 0 Å². The SMILES string of the molecule is CC1(C)C=C2C(=O)CCCCC2(O)OO1. The molecule has 0 aromatic rings. The van der Waals surface area contributed by atoms with Crippen molar-refractivity contribution in [3.63, 3.8) is 0 Å². The molecule has 15 heavy (non-hydrogen) atoms. The Hall–Kier alpha value is -0.710. The quantitative estimate of drug-likeness (QED) is 0.618. The third-order valence-electron chi connectivity index (χ3n) is 2.78. The van der Waals surface area contributed by atoms with Gasteiger partial charge in [0.25, 0.3) is 0 Å². The van der Waals surface area contributed by atoms with Crippen molar-refractivity contribution in [1.29, 1.82) is 0 Å². The normalized spacial score (nSPS) is 35.4. The average molecular weight is 212 g/mol. The Kier molecular flexibility index (Phi) is 2.45. The van der Waals surface area contributed by atoms with E-state index in [2.05, 4.69) is 0 Å². The number of ketones is 1. The van der Waals surface area contributed by atoms with E-state index in [1.165, 1.54) is 0 Å². The predicted octanol–water partition coefficient (Wildman–Crippen LogP) is 1.48. The molecule has 2 rings (SSSR count). The molecule has 1 atom stereocenters. The van der Waals surface area contributed by atoms with Crippen LogP contribution in [-0.4, -0.2) is 22.3 Å². The fourth-order valence-electron chi connectivity index (χ4n) is 1.97. The first kappa shape index (κ1) is 10.8. The molecule has 1 N–H and O–H groups in total. The predicted molar refractivity (Wildman–Crippen MR) is 52.8 cm³/mol. The lowest BCUT2D eigenvalue weighted by Crippen LogP contribution is -2.45. The summed E-state index contributed by atoms with van der Waals surface area (Å²) in [6, 6.07) is 0. The van der Waals surface area contributed by atoms with Gasteiger partial charge in [-0.3, -0.25) is 4.79 Å². The summed E-state index contributed by atoms with van der Waals surface area (Å²) in [6.07, 6.45) is 4.13. The largest absolute Gasteiger partial charge is 0.360 e. The molecule has 0 saturated heterocycles. The lowest BCUT2D eigenvalue weighted by molar-refractivity contribution is -0.444. The molecule has 1 heterocycles. The Labute approximate surface area is 88.8 Å². The third kappa shape index (κ3) is 1.97. The summed E-state index contributed by atoms with van der Waals surface area (Å²) in [5.41, 5.74) is -0.294. The van der Waals surface area contributed by atoms with Crippen molar-refractivity contribution in [3.8, 4) is 0 Å². The highest BCUT2D eigenvalue weighted by Crippen LogP contribution is 2.37. The van der Waals surface area contributed by atoms with Crippen LogP contribution < -0.4 is 0 Å². The van der Waals surface area contributed by atoms with E-state index in [4.69, 9.17) is 9.78 Å². The number of rotatable bonds is 0. The summed E-state index contributed by atoms with van der Waals surface area (Å²) >= 11 is 0. The summed E-state index contributed by atoms with van der Waals surface area (Å²) in [5.74, 6) is -1.56. The fourth-order valence-corrected chi connectivity index (χ4v) is 1.97. The van der Waals surface area contributed by atoms with Gasteiger partial charge < -0.3 is 5.11 Å². The van der Waals surface area contributed by atoms with Crippen LogP contribution in [0.3, 0.4) is 0 Å². The summed E-state index contributed by atoms with van der Waals surface area (Å²) in [4.78, 5) is 21.8. The van der Waals surface area contributed by atoms with E-state index >= 15 is 0 Å². The van der Waals surface area contributed by atoms with Gasteiger partial charge in [-0.15, -0.1) is 0 Å². The topological polar surface area (TPSA) is 55.8 Å². The lowest BCUT2D eigenvalue weighted by atomic mass is 9.93. The van der Waals surface area contributed by atoms with Crippen LogP contribution in [0, 0.1) is 0 Å². The highest BCUT2D eigenvalue weighted by atomic mass is 17.2. The van der Waals surface area contributed by atoms with Gasteiger partial charge in [-0.1, -0.05) is 0 Å². The maximum Gasteiger partial charge on any atom is 0.228 e. The maximum atomic E-state index is 11.8. The van der Waals surface area contributed by atoms with E-state index in [9.17, 15) is 9.90 Å². The second kappa shape index (κ2) is 3.40. The molecule has 4 heteroatoms. The minimum Gasteiger partial charge on any atom is -0.360 e. The molecule has 0 bridgehead atoms. The first-order valence-corrected chi connectivity index (χ1v) is 5.29. The van der Waals surface area contributed by atoms with Crippen LogP contribution in [0.1, 0.15) is 39.5 Å². The molecule has 1 fully saturated rings. The van der Waals surface area contributed by atoms with Crippen LogP contribution in [0.4, 0.5) is 0 Å². The smallest absolute Gasteiger partial charge is 0.228 e. The molecular formula is C11H16O4. The fraction of sp³-hybridized carbons (Fsp3) is 0.727. The van der Waals surface area contributed by atoms with Crippen LogP contribution in [-0.2, 0) is 14.6 Å². The van der Waals surface area contributed by atoms with E-state index in [0.29, 0.717) is 18.4 Å². The molecule has 2 aliphatic rings. The zero-order chi connectivity index (χ0) is 11.1. The highest BCUT2D eigenvalue weighted by Gasteiger charge is 2.45. The highest BCUT2D eigenvalue weighted by molar-refractivity contribution is 5.97. The van der Waals surface area contributed by atoms with Crippen LogP contribution in [0.5, 0.6) is 0 Å². The van der Waals surface area contributed by atoms with Crippen molar-refractivity contribution >= 4 is 5.78 Å². The van der Waals surface area contributed by atoms with Crippen molar-refractivity contribution in [2.45, 2.75) is 50.9 Å². The van der Waals surface area contributed by atoms with Gasteiger partial charge in [-0.2, -0.15) is 4.89 Å². The van der Waals surface area contributed by atoms with E-state index in [1.54, 1.807) is 19.9 Å². The zero-order valence-corrected chi connectivity index (χ0v) is 9.08. The lowest BCUT2D eigenvalue weighted by Gasteiger charge is -2.36. The Morgan fingerprint density at radius 2 is 2.07 bits per heavy atom. The molecule has 1 aliphatic carbocycles. The molecule has 0 aromatic heterocycles. The third-order valence-corrected chi connectivity index (χ3v) is 2.78. The maximum absolute atomic E-state index is 11.8. The zero-order valence-electron chi connectivity index (χ0n) is 9.08. The van der Waals surface area contributed by atoms with Gasteiger partial charge in [0.2, 0.25) is 5.79 Å². The van der Waals surface area contributed by atoms with Crippen LogP contribution in [0.25, 0.3) is 0 Å². The number of aliphatic hydroxyl groups is 1. The van der Waals surface area contributed by atoms with E-state index in [0.717, 1.165) is 12.8 Å². The van der Waals surface area contributed by atoms with Crippen molar-refractivity contribution in [2.75, 3.05) is 0 Å². The molecular weight excluding hydrogens is 196 g/mol. The minimum atomic E-state index is -1.52. The van der Waals surface area contributed by atoms with Gasteiger partial charge in [0, 0.05) is 12.8 Å². The number of hydrogen-bond acceptors (Lipinski definition) is 4. The number of Topliss-reactive ketones (excluding diaryl/α,β-unsaturated/α-hetero) is 1. The van der Waals surface area contributed by atoms with Gasteiger partial charge in [0.15, 0.2) is 5.78 Å². The van der Waals surface area contributed by atoms with Gasteiger partial charge in [-0.05, 0) is 32.8 Å².